The molecule has 1 unspecified atom stereocenters. The van der Waals surface area contributed by atoms with E-state index in [-0.39, 0.29) is 5.54 Å². The van der Waals surface area contributed by atoms with Crippen LogP contribution in [0, 0.1) is 5.92 Å². The van der Waals surface area contributed by atoms with E-state index in [1.54, 1.807) is 14.2 Å². The fourth-order valence-electron chi connectivity index (χ4n) is 3.48. The lowest BCUT2D eigenvalue weighted by molar-refractivity contribution is 0.300. The van der Waals surface area contributed by atoms with Gasteiger partial charge in [-0.3, -0.25) is 0 Å². The highest BCUT2D eigenvalue weighted by Gasteiger charge is 2.35. The van der Waals surface area contributed by atoms with Crippen LogP contribution in [0.15, 0.2) is 12.1 Å². The zero-order valence-corrected chi connectivity index (χ0v) is 14.2. The monoisotopic (exact) mass is 311 g/mol. The minimum atomic E-state index is 0.164. The summed E-state index contributed by atoms with van der Waals surface area (Å²) in [4.78, 5) is 0. The van der Waals surface area contributed by atoms with Crippen molar-refractivity contribution < 1.29 is 9.47 Å². The van der Waals surface area contributed by atoms with Crippen molar-refractivity contribution in [3.63, 3.8) is 0 Å². The topological polar surface area (TPSA) is 30.5 Å². The Kier molecular flexibility index (Phi) is 5.39. The van der Waals surface area contributed by atoms with Gasteiger partial charge in [0.1, 0.15) is 0 Å². The van der Waals surface area contributed by atoms with E-state index < -0.39 is 0 Å². The second-order valence-corrected chi connectivity index (χ2v) is 6.74. The molecule has 0 saturated carbocycles. The van der Waals surface area contributed by atoms with Crippen LogP contribution in [-0.4, -0.2) is 26.3 Å². The fraction of sp³-hybridized carbons (Fsp3) is 0.647. The zero-order chi connectivity index (χ0) is 15.5. The molecule has 1 aromatic carbocycles. The number of halogens is 1. The van der Waals surface area contributed by atoms with Gasteiger partial charge in [0, 0.05) is 5.54 Å². The van der Waals surface area contributed by atoms with Gasteiger partial charge in [0.25, 0.3) is 0 Å². The fourth-order valence-corrected chi connectivity index (χ4v) is 3.78. The van der Waals surface area contributed by atoms with Gasteiger partial charge in [0.05, 0.1) is 19.2 Å². The van der Waals surface area contributed by atoms with E-state index >= 15 is 0 Å². The van der Waals surface area contributed by atoms with E-state index in [0.717, 1.165) is 24.9 Å². The Hall–Kier alpha value is -0.930. The highest BCUT2D eigenvalue weighted by atomic mass is 35.5. The highest BCUT2D eigenvalue weighted by Crippen LogP contribution is 2.40. The first-order valence-electron chi connectivity index (χ1n) is 7.66. The molecule has 1 aliphatic rings. The summed E-state index contributed by atoms with van der Waals surface area (Å²) in [5.74, 6) is 1.98. The van der Waals surface area contributed by atoms with Crippen molar-refractivity contribution in [1.29, 1.82) is 0 Å². The summed E-state index contributed by atoms with van der Waals surface area (Å²) in [5.41, 5.74) is 1.29. The molecule has 0 spiro atoms. The minimum Gasteiger partial charge on any atom is -0.493 e. The molecule has 1 aliphatic heterocycles. The first kappa shape index (κ1) is 16.4. The molecule has 1 saturated heterocycles. The van der Waals surface area contributed by atoms with Crippen molar-refractivity contribution >= 4 is 11.6 Å². The first-order chi connectivity index (χ1) is 10.0. The molecule has 1 fully saturated rings. The Morgan fingerprint density at radius 2 is 2.05 bits per heavy atom. The van der Waals surface area contributed by atoms with Crippen LogP contribution < -0.4 is 14.8 Å². The van der Waals surface area contributed by atoms with Gasteiger partial charge in [-0.2, -0.15) is 0 Å². The number of rotatable bonds is 6. The smallest absolute Gasteiger partial charge is 0.179 e. The van der Waals surface area contributed by atoms with Crippen molar-refractivity contribution in [3.8, 4) is 11.5 Å². The molecule has 0 radical (unpaired) electrons. The molecule has 0 aliphatic carbocycles. The molecular weight excluding hydrogens is 286 g/mol. The second kappa shape index (κ2) is 6.89. The van der Waals surface area contributed by atoms with E-state index in [1.165, 1.54) is 12.8 Å². The molecule has 0 bridgehead atoms. The van der Waals surface area contributed by atoms with Gasteiger partial charge < -0.3 is 14.8 Å². The van der Waals surface area contributed by atoms with Crippen LogP contribution in [0.2, 0.25) is 5.02 Å². The van der Waals surface area contributed by atoms with Gasteiger partial charge in [-0.1, -0.05) is 31.5 Å². The molecule has 1 atom stereocenters. The van der Waals surface area contributed by atoms with E-state index in [1.807, 2.05) is 6.07 Å². The summed E-state index contributed by atoms with van der Waals surface area (Å²) in [6.07, 6.45) is 4.54. The maximum absolute atomic E-state index is 6.54. The van der Waals surface area contributed by atoms with Crippen LogP contribution in [0.1, 0.15) is 38.7 Å². The number of benzene rings is 1. The Balaban J connectivity index is 2.29. The number of ether oxygens (including phenoxy) is 2. The van der Waals surface area contributed by atoms with E-state index in [2.05, 4.69) is 25.2 Å². The van der Waals surface area contributed by atoms with Gasteiger partial charge in [-0.05, 0) is 49.8 Å². The largest absolute Gasteiger partial charge is 0.493 e. The van der Waals surface area contributed by atoms with E-state index in [9.17, 15) is 0 Å². The average molecular weight is 312 g/mol. The molecule has 4 heteroatoms. The van der Waals surface area contributed by atoms with Crippen molar-refractivity contribution in [2.45, 2.75) is 45.1 Å². The third kappa shape index (κ3) is 3.64. The second-order valence-electron chi connectivity index (χ2n) is 6.36. The molecule has 1 N–H and O–H groups in total. The van der Waals surface area contributed by atoms with E-state index in [4.69, 9.17) is 21.1 Å². The maximum Gasteiger partial charge on any atom is 0.179 e. The summed E-state index contributed by atoms with van der Waals surface area (Å²) in [6, 6.07) is 4.00. The Morgan fingerprint density at radius 1 is 1.29 bits per heavy atom. The predicted molar refractivity (Wildman–Crippen MR) is 87.7 cm³/mol. The van der Waals surface area contributed by atoms with Crippen LogP contribution in [0.3, 0.4) is 0 Å². The van der Waals surface area contributed by atoms with E-state index in [0.29, 0.717) is 22.4 Å². The van der Waals surface area contributed by atoms with Crippen LogP contribution in [0.4, 0.5) is 0 Å². The SMILES string of the molecule is COc1ccc(CC2(CC(C)C)CCCN2)c(Cl)c1OC. The molecule has 118 valence electrons. The summed E-state index contributed by atoms with van der Waals surface area (Å²) in [6.45, 7) is 5.65. The molecular formula is C17H26ClNO2. The molecule has 0 aromatic heterocycles. The summed E-state index contributed by atoms with van der Waals surface area (Å²) in [7, 11) is 3.26. The van der Waals surface area contributed by atoms with Crippen molar-refractivity contribution in [1.82, 2.24) is 5.32 Å². The van der Waals surface area contributed by atoms with Crippen LogP contribution >= 0.6 is 11.6 Å². The molecule has 1 aromatic rings. The van der Waals surface area contributed by atoms with Crippen LogP contribution in [0.25, 0.3) is 0 Å². The number of nitrogens with one attached hydrogen (secondary N) is 1. The third-order valence-corrected chi connectivity index (χ3v) is 4.64. The van der Waals surface area contributed by atoms with Gasteiger partial charge in [-0.25, -0.2) is 0 Å². The molecule has 2 rings (SSSR count). The molecule has 3 nitrogen and oxygen atoms in total. The normalized spacial score (nSPS) is 21.8. The quantitative estimate of drug-likeness (QED) is 0.859. The average Bonchev–Trinajstić information content (AvgIpc) is 2.88. The molecule has 0 amide bonds. The van der Waals surface area contributed by atoms with Crippen LogP contribution in [-0.2, 0) is 6.42 Å². The lowest BCUT2D eigenvalue weighted by Crippen LogP contribution is -2.43. The summed E-state index contributed by atoms with van der Waals surface area (Å²) in [5, 5.41) is 4.39. The van der Waals surface area contributed by atoms with Gasteiger partial charge in [-0.15, -0.1) is 0 Å². The lowest BCUT2D eigenvalue weighted by Gasteiger charge is -2.32. The zero-order valence-electron chi connectivity index (χ0n) is 13.5. The van der Waals surface area contributed by atoms with Crippen LogP contribution in [0.5, 0.6) is 11.5 Å². The van der Waals surface area contributed by atoms with Crippen molar-refractivity contribution in [2.24, 2.45) is 5.92 Å². The van der Waals surface area contributed by atoms with Gasteiger partial charge in [0.15, 0.2) is 11.5 Å². The van der Waals surface area contributed by atoms with Gasteiger partial charge in [0.2, 0.25) is 0 Å². The lowest BCUT2D eigenvalue weighted by atomic mass is 9.82. The first-order valence-corrected chi connectivity index (χ1v) is 8.03. The maximum atomic E-state index is 6.54. The van der Waals surface area contributed by atoms with Crippen molar-refractivity contribution in [3.05, 3.63) is 22.7 Å². The number of methoxy groups -OCH3 is 2. The Morgan fingerprint density at radius 3 is 2.57 bits per heavy atom. The number of hydrogen-bond acceptors (Lipinski definition) is 3. The Labute approximate surface area is 133 Å². The van der Waals surface area contributed by atoms with Crippen molar-refractivity contribution in [2.75, 3.05) is 20.8 Å². The minimum absolute atomic E-state index is 0.164. The molecule has 1 heterocycles. The predicted octanol–water partition coefficient (Wildman–Crippen LogP) is 4.07. The molecule has 21 heavy (non-hydrogen) atoms. The summed E-state index contributed by atoms with van der Waals surface area (Å²) >= 11 is 6.54. The third-order valence-electron chi connectivity index (χ3n) is 4.22. The van der Waals surface area contributed by atoms with Gasteiger partial charge >= 0.3 is 0 Å². The standard InChI is InChI=1S/C17H26ClNO2/c1-12(2)10-17(8-5-9-19-17)11-13-6-7-14(20-3)16(21-4)15(13)18/h6-7,12,19H,5,8-11H2,1-4H3. The summed E-state index contributed by atoms with van der Waals surface area (Å²) < 4.78 is 10.7. The number of hydrogen-bond donors (Lipinski definition) is 1. The Bertz CT molecular complexity index is 482. The highest BCUT2D eigenvalue weighted by molar-refractivity contribution is 6.33.